The zero-order valence-electron chi connectivity index (χ0n) is 37.7. The molecular weight excluding hydrogens is 837 g/mol. The smallest absolute Gasteiger partial charge is 0.136 e. The summed E-state index contributed by atoms with van der Waals surface area (Å²) in [5.41, 5.74) is 20.4. The maximum Gasteiger partial charge on any atom is 0.136 e. The van der Waals surface area contributed by atoms with Gasteiger partial charge < -0.3 is 13.9 Å². The monoisotopic (exact) mass is 880 g/mol. The van der Waals surface area contributed by atoms with Gasteiger partial charge in [0.15, 0.2) is 0 Å². The van der Waals surface area contributed by atoms with E-state index in [1.165, 1.54) is 60.8 Å². The van der Waals surface area contributed by atoms with Crippen LogP contribution >= 0.6 is 0 Å². The van der Waals surface area contributed by atoms with E-state index in [0.717, 1.165) is 61.4 Å². The summed E-state index contributed by atoms with van der Waals surface area (Å²) in [7, 11) is 0. The number of nitrogens with zero attached hydrogens (tertiary/aromatic N) is 2. The largest absolute Gasteiger partial charge is 0.456 e. The summed E-state index contributed by atoms with van der Waals surface area (Å²) >= 11 is 0. The molecule has 324 valence electrons. The molecule has 3 nitrogen and oxygen atoms in total. The Morgan fingerprint density at radius 2 is 0.667 bits per heavy atom. The van der Waals surface area contributed by atoms with Crippen LogP contribution in [0.25, 0.3) is 105 Å². The van der Waals surface area contributed by atoms with Crippen LogP contribution < -0.4 is 4.90 Å². The van der Waals surface area contributed by atoms with Crippen molar-refractivity contribution in [3.63, 3.8) is 0 Å². The lowest BCUT2D eigenvalue weighted by atomic mass is 9.96. The molecule has 0 atom stereocenters. The van der Waals surface area contributed by atoms with Crippen LogP contribution in [0.3, 0.4) is 0 Å². The van der Waals surface area contributed by atoms with Gasteiger partial charge in [-0.05, 0) is 134 Å². The minimum atomic E-state index is 0.903. The Morgan fingerprint density at radius 3 is 1.23 bits per heavy atom. The number of hydrogen-bond donors (Lipinski definition) is 0. The Balaban J connectivity index is 0.793. The van der Waals surface area contributed by atoms with Gasteiger partial charge in [-0.1, -0.05) is 188 Å². The zero-order valence-corrected chi connectivity index (χ0v) is 37.7. The lowest BCUT2D eigenvalue weighted by Gasteiger charge is -2.26. The quantitative estimate of drug-likeness (QED) is 0.144. The van der Waals surface area contributed by atoms with Gasteiger partial charge in [-0.3, -0.25) is 0 Å². The molecule has 0 spiro atoms. The molecule has 0 fully saturated rings. The molecule has 13 rings (SSSR count). The molecule has 2 heterocycles. The number of anilines is 3. The van der Waals surface area contributed by atoms with Crippen LogP contribution in [0.15, 0.2) is 271 Å². The molecule has 0 radical (unpaired) electrons. The fraction of sp³-hybridized carbons (Fsp3) is 0. The van der Waals surface area contributed by atoms with E-state index in [1.54, 1.807) is 0 Å². The van der Waals surface area contributed by atoms with Gasteiger partial charge in [0, 0.05) is 44.3 Å². The predicted molar refractivity (Wildman–Crippen MR) is 290 cm³/mol. The molecule has 0 saturated heterocycles. The first kappa shape index (κ1) is 40.1. The highest BCUT2D eigenvalue weighted by molar-refractivity contribution is 6.12. The van der Waals surface area contributed by atoms with Gasteiger partial charge >= 0.3 is 0 Å². The highest BCUT2D eigenvalue weighted by Gasteiger charge is 2.17. The maximum atomic E-state index is 6.24. The van der Waals surface area contributed by atoms with E-state index < -0.39 is 0 Å². The number of fused-ring (bicyclic) bond motifs is 6. The molecule has 0 bridgehead atoms. The number of benzene rings is 11. The molecule has 0 aliphatic rings. The maximum absolute atomic E-state index is 6.24. The van der Waals surface area contributed by atoms with E-state index >= 15 is 0 Å². The summed E-state index contributed by atoms with van der Waals surface area (Å²) in [5.74, 6) is 0. The van der Waals surface area contributed by atoms with Gasteiger partial charge in [0.05, 0.1) is 11.0 Å². The van der Waals surface area contributed by atoms with Crippen molar-refractivity contribution < 1.29 is 4.42 Å². The first-order valence-electron chi connectivity index (χ1n) is 23.6. The summed E-state index contributed by atoms with van der Waals surface area (Å²) < 4.78 is 8.60. The third kappa shape index (κ3) is 7.25. The number of hydrogen-bond acceptors (Lipinski definition) is 2. The second kappa shape index (κ2) is 16.9. The average molecular weight is 881 g/mol. The molecule has 2 aromatic heterocycles. The molecule has 3 heteroatoms. The van der Waals surface area contributed by atoms with Crippen molar-refractivity contribution in [1.29, 1.82) is 0 Å². The van der Waals surface area contributed by atoms with Crippen molar-refractivity contribution in [2.75, 3.05) is 4.90 Å². The summed E-state index contributed by atoms with van der Waals surface area (Å²) in [5, 5.41) is 4.83. The Bertz CT molecular complexity index is 3910. The summed E-state index contributed by atoms with van der Waals surface area (Å²) in [6.45, 7) is 0. The Labute approximate surface area is 401 Å². The van der Waals surface area contributed by atoms with Crippen molar-refractivity contribution in [2.24, 2.45) is 0 Å². The molecule has 69 heavy (non-hydrogen) atoms. The van der Waals surface area contributed by atoms with Crippen LogP contribution in [-0.2, 0) is 0 Å². The molecule has 11 aromatic carbocycles. The Morgan fingerprint density at radius 1 is 0.275 bits per heavy atom. The van der Waals surface area contributed by atoms with E-state index in [2.05, 4.69) is 264 Å². The van der Waals surface area contributed by atoms with Crippen LogP contribution in [-0.4, -0.2) is 4.57 Å². The lowest BCUT2D eigenvalue weighted by molar-refractivity contribution is 0.669. The van der Waals surface area contributed by atoms with E-state index in [1.807, 2.05) is 12.1 Å². The van der Waals surface area contributed by atoms with Crippen LogP contribution in [0, 0.1) is 0 Å². The highest BCUT2D eigenvalue weighted by atomic mass is 16.3. The minimum Gasteiger partial charge on any atom is -0.456 e. The van der Waals surface area contributed by atoms with Crippen molar-refractivity contribution >= 4 is 60.8 Å². The molecule has 0 saturated carbocycles. The van der Waals surface area contributed by atoms with Gasteiger partial charge in [0.25, 0.3) is 0 Å². The third-order valence-corrected chi connectivity index (χ3v) is 13.7. The van der Waals surface area contributed by atoms with Crippen LogP contribution in [0.2, 0.25) is 0 Å². The standard InChI is InChI=1S/C66H44N2O/c1-2-12-45(13-3-1)48-28-36-54(37-29-48)67(56-40-34-51(35-41-56)52-14-10-15-53(44-52)58-19-11-23-65-66(58)61-18-6-9-22-64(61)69-65)55-38-30-49(31-39-55)46-24-26-47(27-25-46)50-32-42-57(43-33-50)68-62-20-7-4-16-59(62)60-17-5-8-21-63(60)68/h1-44H. The van der Waals surface area contributed by atoms with Crippen molar-refractivity contribution in [1.82, 2.24) is 4.57 Å². The van der Waals surface area contributed by atoms with Gasteiger partial charge in [0.2, 0.25) is 0 Å². The lowest BCUT2D eigenvalue weighted by Crippen LogP contribution is -2.09. The second-order valence-electron chi connectivity index (χ2n) is 17.7. The topological polar surface area (TPSA) is 21.3 Å². The normalized spacial score (nSPS) is 11.5. The molecule has 13 aromatic rings. The third-order valence-electron chi connectivity index (χ3n) is 13.7. The summed E-state index contributed by atoms with van der Waals surface area (Å²) in [6.07, 6.45) is 0. The van der Waals surface area contributed by atoms with Crippen LogP contribution in [0.1, 0.15) is 0 Å². The van der Waals surface area contributed by atoms with Crippen LogP contribution in [0.5, 0.6) is 0 Å². The SMILES string of the molecule is c1ccc(-c2ccc(N(c3ccc(-c4ccc(-c5ccc(-n6c7ccccc7c7ccccc76)cc5)cc4)cc3)c3ccc(-c4cccc(-c5cccc6oc7ccccc7c56)c4)cc3)cc2)cc1. The number of rotatable bonds is 9. The average Bonchev–Trinajstić information content (AvgIpc) is 3.98. The Hall–Kier alpha value is -9.18. The van der Waals surface area contributed by atoms with E-state index in [4.69, 9.17) is 4.42 Å². The number of furan rings is 1. The van der Waals surface area contributed by atoms with Gasteiger partial charge in [0.1, 0.15) is 11.2 Å². The molecule has 0 amide bonds. The number of aromatic nitrogens is 1. The fourth-order valence-electron chi connectivity index (χ4n) is 10.2. The van der Waals surface area contributed by atoms with Crippen molar-refractivity contribution in [3.8, 4) is 61.3 Å². The molecule has 0 aliphatic heterocycles. The van der Waals surface area contributed by atoms with Gasteiger partial charge in [-0.25, -0.2) is 0 Å². The van der Waals surface area contributed by atoms with Crippen LogP contribution in [0.4, 0.5) is 17.1 Å². The number of para-hydroxylation sites is 3. The predicted octanol–water partition coefficient (Wildman–Crippen LogP) is 18.5. The first-order chi connectivity index (χ1) is 34.2. The van der Waals surface area contributed by atoms with E-state index in [9.17, 15) is 0 Å². The second-order valence-corrected chi connectivity index (χ2v) is 17.7. The molecule has 0 N–H and O–H groups in total. The Kier molecular flexibility index (Phi) is 9.84. The van der Waals surface area contributed by atoms with Crippen molar-refractivity contribution in [2.45, 2.75) is 0 Å². The zero-order chi connectivity index (χ0) is 45.7. The van der Waals surface area contributed by atoms with E-state index in [0.29, 0.717) is 0 Å². The van der Waals surface area contributed by atoms with Gasteiger partial charge in [-0.15, -0.1) is 0 Å². The fourth-order valence-corrected chi connectivity index (χ4v) is 10.2. The summed E-state index contributed by atoms with van der Waals surface area (Å²) in [6, 6.07) is 96.0. The molecule has 0 unspecified atom stereocenters. The first-order valence-corrected chi connectivity index (χ1v) is 23.6. The molecular formula is C66H44N2O. The van der Waals surface area contributed by atoms with E-state index in [-0.39, 0.29) is 0 Å². The molecule has 0 aliphatic carbocycles. The highest BCUT2D eigenvalue weighted by Crippen LogP contribution is 2.41. The van der Waals surface area contributed by atoms with Crippen molar-refractivity contribution in [3.05, 3.63) is 267 Å². The minimum absolute atomic E-state index is 0.903. The van der Waals surface area contributed by atoms with Gasteiger partial charge in [-0.2, -0.15) is 0 Å². The summed E-state index contributed by atoms with van der Waals surface area (Å²) in [4.78, 5) is 2.34.